The van der Waals surface area contributed by atoms with Gasteiger partial charge in [0.15, 0.2) is 5.54 Å². The zero-order chi connectivity index (χ0) is 15.9. The van der Waals surface area contributed by atoms with Crippen LogP contribution in [0.25, 0.3) is 0 Å². The summed E-state index contributed by atoms with van der Waals surface area (Å²) in [5, 5.41) is 2.92. The SMILES string of the molecule is O=C1N[C@@]2(CCOc3ccccc32)C(=O)N1C[C@H]1CCCCO1. The largest absolute Gasteiger partial charge is 0.493 e. The molecule has 0 radical (unpaired) electrons. The molecule has 1 aromatic rings. The van der Waals surface area contributed by atoms with E-state index in [0.717, 1.165) is 24.8 Å². The van der Waals surface area contributed by atoms with Gasteiger partial charge >= 0.3 is 6.03 Å². The minimum absolute atomic E-state index is 0.0521. The summed E-state index contributed by atoms with van der Waals surface area (Å²) in [6, 6.07) is 7.09. The predicted molar refractivity (Wildman–Crippen MR) is 82.1 cm³/mol. The van der Waals surface area contributed by atoms with Crippen LogP contribution in [0.1, 0.15) is 31.2 Å². The number of nitrogens with zero attached hydrogens (tertiary/aromatic N) is 1. The maximum Gasteiger partial charge on any atom is 0.325 e. The number of para-hydroxylation sites is 1. The van der Waals surface area contributed by atoms with Crippen molar-refractivity contribution in [2.24, 2.45) is 0 Å². The summed E-state index contributed by atoms with van der Waals surface area (Å²) < 4.78 is 11.3. The summed E-state index contributed by atoms with van der Waals surface area (Å²) >= 11 is 0. The molecule has 3 aliphatic heterocycles. The molecule has 4 rings (SSSR count). The van der Waals surface area contributed by atoms with Gasteiger partial charge in [-0.25, -0.2) is 4.79 Å². The van der Waals surface area contributed by atoms with Gasteiger partial charge in [-0.1, -0.05) is 18.2 Å². The number of urea groups is 1. The second-order valence-electron chi connectivity index (χ2n) is 6.33. The number of nitrogens with one attached hydrogen (secondary N) is 1. The molecule has 0 bridgehead atoms. The number of imide groups is 1. The minimum atomic E-state index is -0.986. The zero-order valence-electron chi connectivity index (χ0n) is 12.9. The van der Waals surface area contributed by atoms with Crippen molar-refractivity contribution in [2.75, 3.05) is 19.8 Å². The molecule has 122 valence electrons. The molecule has 1 N–H and O–H groups in total. The first-order valence-electron chi connectivity index (χ1n) is 8.19. The van der Waals surface area contributed by atoms with E-state index in [1.54, 1.807) is 0 Å². The van der Waals surface area contributed by atoms with Crippen molar-refractivity contribution < 1.29 is 19.1 Å². The molecule has 2 atom stereocenters. The molecule has 3 aliphatic rings. The van der Waals surface area contributed by atoms with Crippen LogP contribution in [-0.4, -0.2) is 42.7 Å². The van der Waals surface area contributed by atoms with Crippen molar-refractivity contribution in [3.63, 3.8) is 0 Å². The molecule has 6 nitrogen and oxygen atoms in total. The van der Waals surface area contributed by atoms with Gasteiger partial charge in [0.2, 0.25) is 0 Å². The number of carbonyl (C=O) groups is 2. The van der Waals surface area contributed by atoms with Crippen LogP contribution in [0, 0.1) is 0 Å². The molecule has 1 aromatic carbocycles. The van der Waals surface area contributed by atoms with Crippen LogP contribution in [0.15, 0.2) is 24.3 Å². The molecule has 0 aliphatic carbocycles. The first-order chi connectivity index (χ1) is 11.2. The van der Waals surface area contributed by atoms with Crippen LogP contribution in [0.2, 0.25) is 0 Å². The Morgan fingerprint density at radius 2 is 2.09 bits per heavy atom. The summed E-state index contributed by atoms with van der Waals surface area (Å²) in [5.41, 5.74) is -0.239. The number of amides is 3. The van der Waals surface area contributed by atoms with Crippen LogP contribution in [-0.2, 0) is 15.1 Å². The Morgan fingerprint density at radius 1 is 1.22 bits per heavy atom. The van der Waals surface area contributed by atoms with Crippen molar-refractivity contribution in [2.45, 2.75) is 37.3 Å². The van der Waals surface area contributed by atoms with Crippen molar-refractivity contribution in [3.05, 3.63) is 29.8 Å². The first kappa shape index (κ1) is 14.5. The van der Waals surface area contributed by atoms with Gasteiger partial charge in [-0.15, -0.1) is 0 Å². The number of carbonyl (C=O) groups excluding carboxylic acids is 2. The van der Waals surface area contributed by atoms with Gasteiger partial charge in [-0.2, -0.15) is 0 Å². The van der Waals surface area contributed by atoms with E-state index in [9.17, 15) is 9.59 Å². The van der Waals surface area contributed by atoms with E-state index in [4.69, 9.17) is 9.47 Å². The first-order valence-corrected chi connectivity index (χ1v) is 8.19. The van der Waals surface area contributed by atoms with Gasteiger partial charge in [0, 0.05) is 18.6 Å². The fourth-order valence-electron chi connectivity index (χ4n) is 3.69. The van der Waals surface area contributed by atoms with E-state index < -0.39 is 5.54 Å². The van der Waals surface area contributed by atoms with E-state index in [0.29, 0.717) is 31.9 Å². The molecule has 6 heteroatoms. The highest BCUT2D eigenvalue weighted by Crippen LogP contribution is 2.41. The number of hydrogen-bond acceptors (Lipinski definition) is 4. The standard InChI is InChI=1S/C17H20N2O4/c20-15-17(8-10-23-14-7-2-1-6-13(14)17)18-16(21)19(15)11-12-5-3-4-9-22-12/h1-2,6-7,12H,3-5,8-11H2,(H,18,21)/t12-,17-/m1/s1. The van der Waals surface area contributed by atoms with Crippen LogP contribution >= 0.6 is 0 Å². The van der Waals surface area contributed by atoms with Crippen molar-refractivity contribution in [1.29, 1.82) is 0 Å². The number of ether oxygens (including phenoxy) is 2. The Labute approximate surface area is 134 Å². The lowest BCUT2D eigenvalue weighted by atomic mass is 9.84. The van der Waals surface area contributed by atoms with Crippen LogP contribution < -0.4 is 10.1 Å². The lowest BCUT2D eigenvalue weighted by Crippen LogP contribution is -2.48. The van der Waals surface area contributed by atoms with Crippen LogP contribution in [0.5, 0.6) is 5.75 Å². The van der Waals surface area contributed by atoms with E-state index in [1.807, 2.05) is 24.3 Å². The lowest BCUT2D eigenvalue weighted by Gasteiger charge is -2.33. The van der Waals surface area contributed by atoms with Gasteiger partial charge < -0.3 is 14.8 Å². The van der Waals surface area contributed by atoms with Crippen LogP contribution in [0.4, 0.5) is 4.79 Å². The van der Waals surface area contributed by atoms with Gasteiger partial charge in [-0.05, 0) is 25.3 Å². The minimum Gasteiger partial charge on any atom is -0.493 e. The van der Waals surface area contributed by atoms with Crippen molar-refractivity contribution in [1.82, 2.24) is 10.2 Å². The Bertz CT molecular complexity index is 641. The fraction of sp³-hybridized carbons (Fsp3) is 0.529. The molecular weight excluding hydrogens is 296 g/mol. The van der Waals surface area contributed by atoms with Crippen LogP contribution in [0.3, 0.4) is 0 Å². The predicted octanol–water partition coefficient (Wildman–Crippen LogP) is 1.79. The average Bonchev–Trinajstić information content (AvgIpc) is 2.81. The van der Waals surface area contributed by atoms with E-state index in [2.05, 4.69) is 5.32 Å². The highest BCUT2D eigenvalue weighted by molar-refractivity contribution is 6.08. The fourth-order valence-corrected chi connectivity index (χ4v) is 3.69. The molecule has 23 heavy (non-hydrogen) atoms. The molecular formula is C17H20N2O4. The highest BCUT2D eigenvalue weighted by Gasteiger charge is 2.55. The highest BCUT2D eigenvalue weighted by atomic mass is 16.5. The molecule has 2 saturated heterocycles. The summed E-state index contributed by atoms with van der Waals surface area (Å²) in [5.74, 6) is 0.482. The van der Waals surface area contributed by atoms with Gasteiger partial charge in [0.1, 0.15) is 5.75 Å². The third kappa shape index (κ3) is 2.28. The van der Waals surface area contributed by atoms with E-state index in [-0.39, 0.29) is 18.0 Å². The smallest absolute Gasteiger partial charge is 0.325 e. The molecule has 0 saturated carbocycles. The molecule has 3 heterocycles. The lowest BCUT2D eigenvalue weighted by molar-refractivity contribution is -0.134. The molecule has 3 amide bonds. The maximum absolute atomic E-state index is 13.1. The number of fused-ring (bicyclic) bond motifs is 2. The Hall–Kier alpha value is -2.08. The van der Waals surface area contributed by atoms with Gasteiger partial charge in [-0.3, -0.25) is 9.69 Å². The number of rotatable bonds is 2. The second-order valence-corrected chi connectivity index (χ2v) is 6.33. The van der Waals surface area contributed by atoms with E-state index >= 15 is 0 Å². The topological polar surface area (TPSA) is 67.9 Å². The third-order valence-electron chi connectivity index (χ3n) is 4.92. The van der Waals surface area contributed by atoms with E-state index in [1.165, 1.54) is 4.90 Å². The monoisotopic (exact) mass is 316 g/mol. The second kappa shape index (κ2) is 5.53. The Morgan fingerprint density at radius 3 is 2.91 bits per heavy atom. The summed E-state index contributed by atoms with van der Waals surface area (Å²) in [7, 11) is 0. The molecule has 0 unspecified atom stereocenters. The zero-order valence-corrected chi connectivity index (χ0v) is 12.9. The normalized spacial score (nSPS) is 30.1. The average molecular weight is 316 g/mol. The van der Waals surface area contributed by atoms with Crippen molar-refractivity contribution in [3.8, 4) is 5.75 Å². The maximum atomic E-state index is 13.1. The quantitative estimate of drug-likeness (QED) is 0.845. The van der Waals surface area contributed by atoms with Crippen molar-refractivity contribution >= 4 is 11.9 Å². The summed E-state index contributed by atoms with van der Waals surface area (Å²) in [6.45, 7) is 1.45. The third-order valence-corrected chi connectivity index (χ3v) is 4.92. The Kier molecular flexibility index (Phi) is 3.49. The number of hydrogen-bond donors (Lipinski definition) is 1. The summed E-state index contributed by atoms with van der Waals surface area (Å²) in [6.07, 6.45) is 3.42. The van der Waals surface area contributed by atoms with Gasteiger partial charge in [0.05, 0.1) is 19.3 Å². The van der Waals surface area contributed by atoms with Gasteiger partial charge in [0.25, 0.3) is 5.91 Å². The molecule has 1 spiro atoms. The molecule has 0 aromatic heterocycles. The molecule has 2 fully saturated rings. The Balaban J connectivity index is 1.62. The summed E-state index contributed by atoms with van der Waals surface area (Å²) in [4.78, 5) is 26.8. The number of benzene rings is 1.